The van der Waals surface area contributed by atoms with Crippen LogP contribution in [0.3, 0.4) is 0 Å². The van der Waals surface area contributed by atoms with Gasteiger partial charge in [0.05, 0.1) is 26.3 Å². The zero-order valence-electron chi connectivity index (χ0n) is 15.9. The van der Waals surface area contributed by atoms with Crippen molar-refractivity contribution >= 4 is 21.7 Å². The van der Waals surface area contributed by atoms with E-state index in [1.165, 1.54) is 24.0 Å². The third kappa shape index (κ3) is 2.96. The number of fused-ring (bicyclic) bond motifs is 1. The lowest BCUT2D eigenvalue weighted by molar-refractivity contribution is -0.162. The summed E-state index contributed by atoms with van der Waals surface area (Å²) in [7, 11) is -2.28. The molecule has 0 unspecified atom stereocenters. The smallest absolute Gasteiger partial charge is 0.330 e. The lowest BCUT2D eigenvalue weighted by atomic mass is 9.96. The number of amides is 1. The maximum atomic E-state index is 13.1. The first-order valence-corrected chi connectivity index (χ1v) is 10.5. The van der Waals surface area contributed by atoms with Crippen molar-refractivity contribution in [2.24, 2.45) is 0 Å². The highest BCUT2D eigenvalue weighted by Crippen LogP contribution is 2.47. The number of sulfone groups is 1. The molecule has 1 amide bonds. The van der Waals surface area contributed by atoms with Gasteiger partial charge in [-0.15, -0.1) is 5.10 Å². The van der Waals surface area contributed by atoms with Gasteiger partial charge in [0.15, 0.2) is 15.9 Å². The number of β-lactam (4-membered cyclic amide) rings is 1. The Kier molecular flexibility index (Phi) is 4.56. The Balaban J connectivity index is 1.59. The van der Waals surface area contributed by atoms with E-state index >= 15 is 0 Å². The highest BCUT2D eigenvalue weighted by molar-refractivity contribution is 7.93. The molecule has 3 atom stereocenters. The topological polar surface area (TPSA) is 121 Å². The number of carbonyl (C=O) groups is 2. The molecule has 3 heterocycles. The van der Waals surface area contributed by atoms with Crippen molar-refractivity contribution in [3.63, 3.8) is 0 Å². The van der Waals surface area contributed by atoms with Crippen LogP contribution >= 0.6 is 0 Å². The van der Waals surface area contributed by atoms with Gasteiger partial charge in [-0.3, -0.25) is 9.48 Å². The predicted molar refractivity (Wildman–Crippen MR) is 99.2 cm³/mol. The molecule has 0 aliphatic carbocycles. The number of hydrogen-bond acceptors (Lipinski definition) is 8. The quantitative estimate of drug-likeness (QED) is 0.478. The summed E-state index contributed by atoms with van der Waals surface area (Å²) in [6.07, 6.45) is 2.80. The van der Waals surface area contributed by atoms with Crippen LogP contribution < -0.4 is 4.74 Å². The molecular formula is C18H20N4O6S. The van der Waals surface area contributed by atoms with E-state index in [1.54, 1.807) is 31.4 Å². The minimum atomic E-state index is -3.82. The van der Waals surface area contributed by atoms with E-state index in [0.29, 0.717) is 11.3 Å². The van der Waals surface area contributed by atoms with Crippen LogP contribution in [0.4, 0.5) is 0 Å². The highest BCUT2D eigenvalue weighted by Gasteiger charge is 2.70. The van der Waals surface area contributed by atoms with Crippen molar-refractivity contribution in [3.8, 4) is 5.75 Å². The maximum Gasteiger partial charge on any atom is 0.330 e. The van der Waals surface area contributed by atoms with Crippen LogP contribution in [0.2, 0.25) is 0 Å². The number of benzene rings is 1. The average molecular weight is 420 g/mol. The fourth-order valence-corrected chi connectivity index (χ4v) is 6.22. The Morgan fingerprint density at radius 3 is 2.62 bits per heavy atom. The van der Waals surface area contributed by atoms with Crippen LogP contribution in [0.25, 0.3) is 0 Å². The third-order valence-corrected chi connectivity index (χ3v) is 8.29. The molecule has 2 fully saturated rings. The molecule has 0 N–H and O–H groups in total. The molecule has 0 saturated carbocycles. The molecule has 0 radical (unpaired) electrons. The Morgan fingerprint density at radius 2 is 2.03 bits per heavy atom. The van der Waals surface area contributed by atoms with Gasteiger partial charge in [-0.05, 0) is 24.6 Å². The van der Waals surface area contributed by atoms with Crippen LogP contribution in [0, 0.1) is 0 Å². The van der Waals surface area contributed by atoms with Crippen molar-refractivity contribution < 1.29 is 27.5 Å². The molecule has 1 aromatic heterocycles. The van der Waals surface area contributed by atoms with Crippen molar-refractivity contribution in [1.29, 1.82) is 0 Å². The summed E-state index contributed by atoms with van der Waals surface area (Å²) < 4.78 is 36.5. The Bertz CT molecular complexity index is 1040. The Labute approximate surface area is 167 Å². The second-order valence-corrected chi connectivity index (χ2v) is 9.84. The van der Waals surface area contributed by atoms with Gasteiger partial charge in [0.1, 0.15) is 22.5 Å². The first-order chi connectivity index (χ1) is 13.8. The molecule has 2 aliphatic rings. The molecule has 29 heavy (non-hydrogen) atoms. The van der Waals surface area contributed by atoms with Crippen molar-refractivity contribution in [2.45, 2.75) is 42.7 Å². The summed E-state index contributed by atoms with van der Waals surface area (Å²) in [6.45, 7) is 1.29. The van der Waals surface area contributed by atoms with Crippen LogP contribution in [0.15, 0.2) is 36.7 Å². The molecule has 10 nitrogen and oxygen atoms in total. The molecule has 1 aromatic carbocycles. The number of methoxy groups -OCH3 is 1. The predicted octanol–water partition coefficient (Wildman–Crippen LogP) is 0.144. The van der Waals surface area contributed by atoms with Crippen LogP contribution in [0.1, 0.15) is 18.9 Å². The van der Waals surface area contributed by atoms with E-state index in [9.17, 15) is 18.0 Å². The minimum Gasteiger partial charge on any atom is -0.497 e. The van der Waals surface area contributed by atoms with Crippen molar-refractivity contribution in [3.05, 3.63) is 42.2 Å². The number of nitrogens with zero attached hydrogens (tertiary/aromatic N) is 4. The third-order valence-electron chi connectivity index (χ3n) is 5.52. The summed E-state index contributed by atoms with van der Waals surface area (Å²) in [5.74, 6) is -0.480. The lowest BCUT2D eigenvalue weighted by Crippen LogP contribution is -2.58. The SMILES string of the molecule is COc1ccc(COC(=O)[C@@H]2N3C(=O)C[C@H]3S(=O)(=O)[C@@]2(C)Cn2ccnn2)cc1. The summed E-state index contributed by atoms with van der Waals surface area (Å²) in [5.41, 5.74) is 0.712. The first kappa shape index (κ1) is 19.4. The highest BCUT2D eigenvalue weighted by atomic mass is 32.2. The minimum absolute atomic E-state index is 0.0501. The monoisotopic (exact) mass is 420 g/mol. The number of esters is 1. The average Bonchev–Trinajstić information content (AvgIpc) is 3.24. The summed E-state index contributed by atoms with van der Waals surface area (Å²) in [4.78, 5) is 26.2. The Morgan fingerprint density at radius 1 is 1.31 bits per heavy atom. The van der Waals surface area contributed by atoms with Crippen LogP contribution in [0.5, 0.6) is 5.75 Å². The molecule has 2 aliphatic heterocycles. The molecule has 0 bridgehead atoms. The Hall–Kier alpha value is -2.95. The van der Waals surface area contributed by atoms with E-state index in [0.717, 1.165) is 4.90 Å². The summed E-state index contributed by atoms with van der Waals surface area (Å²) in [6, 6.07) is 5.69. The number of aromatic nitrogens is 3. The summed E-state index contributed by atoms with van der Waals surface area (Å²) in [5, 5.41) is 6.49. The second-order valence-electron chi connectivity index (χ2n) is 7.28. The van der Waals surface area contributed by atoms with Gasteiger partial charge >= 0.3 is 5.97 Å². The molecule has 4 rings (SSSR count). The van der Waals surface area contributed by atoms with E-state index in [2.05, 4.69) is 10.3 Å². The molecule has 2 aromatic rings. The van der Waals surface area contributed by atoms with Crippen LogP contribution in [-0.2, 0) is 37.3 Å². The summed E-state index contributed by atoms with van der Waals surface area (Å²) >= 11 is 0. The lowest BCUT2D eigenvalue weighted by Gasteiger charge is -2.36. The normalized spacial score (nSPS) is 27.2. The number of hydrogen-bond donors (Lipinski definition) is 0. The van der Waals surface area contributed by atoms with Gasteiger partial charge in [0.25, 0.3) is 0 Å². The number of rotatable bonds is 6. The van der Waals surface area contributed by atoms with E-state index in [4.69, 9.17) is 9.47 Å². The first-order valence-electron chi connectivity index (χ1n) is 8.96. The van der Waals surface area contributed by atoms with Gasteiger partial charge in [0.2, 0.25) is 5.91 Å². The molecule has 2 saturated heterocycles. The maximum absolute atomic E-state index is 13.1. The zero-order chi connectivity index (χ0) is 20.8. The van der Waals surface area contributed by atoms with Crippen molar-refractivity contribution in [2.75, 3.05) is 7.11 Å². The van der Waals surface area contributed by atoms with Gasteiger partial charge < -0.3 is 14.4 Å². The standard InChI is InChI=1S/C18H20N4O6S/c1-18(11-21-8-7-19-20-21)16(22-14(23)9-15(22)29(18,25)26)17(24)28-10-12-3-5-13(27-2)6-4-12/h3-8,15-16H,9-11H2,1-2H3/t15-,16+,18+/m1/s1. The number of ether oxygens (including phenoxy) is 2. The fraction of sp³-hybridized carbons (Fsp3) is 0.444. The van der Waals surface area contributed by atoms with Gasteiger partial charge in [-0.1, -0.05) is 17.3 Å². The van der Waals surface area contributed by atoms with E-state index in [1.807, 2.05) is 0 Å². The van der Waals surface area contributed by atoms with E-state index in [-0.39, 0.29) is 25.5 Å². The van der Waals surface area contributed by atoms with Gasteiger partial charge in [0, 0.05) is 6.20 Å². The molecular weight excluding hydrogens is 400 g/mol. The van der Waals surface area contributed by atoms with Gasteiger partial charge in [-0.25, -0.2) is 13.2 Å². The van der Waals surface area contributed by atoms with Crippen molar-refractivity contribution in [1.82, 2.24) is 19.9 Å². The largest absolute Gasteiger partial charge is 0.497 e. The molecule has 11 heteroatoms. The van der Waals surface area contributed by atoms with Gasteiger partial charge in [-0.2, -0.15) is 0 Å². The molecule has 0 spiro atoms. The van der Waals surface area contributed by atoms with Crippen LogP contribution in [-0.4, -0.2) is 63.5 Å². The number of carbonyl (C=O) groups excluding carboxylic acids is 2. The van der Waals surface area contributed by atoms with E-state index < -0.39 is 32.0 Å². The fourth-order valence-electron chi connectivity index (χ4n) is 3.86. The molecule has 154 valence electrons. The zero-order valence-corrected chi connectivity index (χ0v) is 16.7. The second kappa shape index (κ2) is 6.83.